The summed E-state index contributed by atoms with van der Waals surface area (Å²) in [5.74, 6) is -3.72. The van der Waals surface area contributed by atoms with E-state index < -0.39 is 29.2 Å². The third-order valence-corrected chi connectivity index (χ3v) is 3.37. The van der Waals surface area contributed by atoms with E-state index in [9.17, 15) is 19.5 Å². The second-order valence-electron chi connectivity index (χ2n) is 4.64. The fourth-order valence-electron chi connectivity index (χ4n) is 2.45. The van der Waals surface area contributed by atoms with Crippen LogP contribution in [-0.4, -0.2) is 23.0 Å². The van der Waals surface area contributed by atoms with Gasteiger partial charge in [-0.05, 0) is 19.3 Å². The Labute approximate surface area is 117 Å². The smallest absolute Gasteiger partial charge is 0.378 e. The van der Waals surface area contributed by atoms with Gasteiger partial charge in [-0.15, -0.1) is 0 Å². The molecule has 0 aliphatic heterocycles. The maximum Gasteiger partial charge on any atom is 0.378 e. The fourth-order valence-corrected chi connectivity index (χ4v) is 2.45. The van der Waals surface area contributed by atoms with E-state index in [2.05, 4.69) is 16.4 Å². The predicted octanol–water partition coefficient (Wildman–Crippen LogP) is 2.01. The first-order chi connectivity index (χ1) is 9.47. The van der Waals surface area contributed by atoms with Crippen LogP contribution in [0, 0.1) is 11.3 Å². The zero-order valence-corrected chi connectivity index (χ0v) is 11.3. The lowest BCUT2D eigenvalue weighted by atomic mass is 9.67. The minimum Gasteiger partial charge on any atom is -0.481 e. The summed E-state index contributed by atoms with van der Waals surface area (Å²) in [6, 6.07) is 0. The zero-order chi connectivity index (χ0) is 15.2. The summed E-state index contributed by atoms with van der Waals surface area (Å²) in [5, 5.41) is 9.31. The number of carbonyl (C=O) groups excluding carboxylic acids is 2. The van der Waals surface area contributed by atoms with Crippen molar-refractivity contribution in [1.29, 1.82) is 0 Å². The molecule has 0 amide bonds. The van der Waals surface area contributed by atoms with Crippen molar-refractivity contribution >= 4 is 17.9 Å². The van der Waals surface area contributed by atoms with Gasteiger partial charge in [-0.2, -0.15) is 0 Å². The number of rotatable bonds is 5. The van der Waals surface area contributed by atoms with Gasteiger partial charge in [-0.1, -0.05) is 32.1 Å². The molecule has 1 aliphatic carbocycles. The predicted molar refractivity (Wildman–Crippen MR) is 69.2 cm³/mol. The first kappa shape index (κ1) is 15.9. The molecule has 0 radical (unpaired) electrons. The monoisotopic (exact) mass is 282 g/mol. The molecular weight excluding hydrogens is 264 g/mol. The average molecular weight is 282 g/mol. The van der Waals surface area contributed by atoms with E-state index in [0.717, 1.165) is 6.08 Å². The summed E-state index contributed by atoms with van der Waals surface area (Å²) in [5.41, 5.74) is -1.29. The Morgan fingerprint density at radius 1 is 1.45 bits per heavy atom. The minimum absolute atomic E-state index is 0.310. The van der Waals surface area contributed by atoms with E-state index in [-0.39, 0.29) is 0 Å². The van der Waals surface area contributed by atoms with Gasteiger partial charge in [0.15, 0.2) is 0 Å². The van der Waals surface area contributed by atoms with Gasteiger partial charge in [0.2, 0.25) is 0 Å². The lowest BCUT2D eigenvalue weighted by molar-refractivity contribution is -0.263. The van der Waals surface area contributed by atoms with Crippen LogP contribution in [0.2, 0.25) is 0 Å². The van der Waals surface area contributed by atoms with Crippen LogP contribution in [0.3, 0.4) is 0 Å². The van der Waals surface area contributed by atoms with Gasteiger partial charge in [-0.25, -0.2) is 19.4 Å². The lowest BCUT2D eigenvalue weighted by Gasteiger charge is -2.35. The van der Waals surface area contributed by atoms with Crippen LogP contribution in [0.25, 0.3) is 0 Å². The first-order valence-corrected chi connectivity index (χ1v) is 6.43. The highest BCUT2D eigenvalue weighted by Crippen LogP contribution is 2.42. The highest BCUT2D eigenvalue weighted by molar-refractivity contribution is 5.87. The van der Waals surface area contributed by atoms with E-state index in [1.165, 1.54) is 0 Å². The van der Waals surface area contributed by atoms with Crippen molar-refractivity contribution in [1.82, 2.24) is 0 Å². The third-order valence-electron chi connectivity index (χ3n) is 3.37. The highest BCUT2D eigenvalue weighted by atomic mass is 17.2. The van der Waals surface area contributed by atoms with Gasteiger partial charge in [0, 0.05) is 6.08 Å². The van der Waals surface area contributed by atoms with E-state index in [1.54, 1.807) is 12.2 Å². The van der Waals surface area contributed by atoms with Gasteiger partial charge in [0.25, 0.3) is 0 Å². The molecule has 0 heterocycles. The Hall–Kier alpha value is -2.11. The fraction of sp³-hybridized carbons (Fsp3) is 0.500. The second kappa shape index (κ2) is 6.88. The molecule has 2 atom stereocenters. The summed E-state index contributed by atoms with van der Waals surface area (Å²) in [6.45, 7) is 5.01. The van der Waals surface area contributed by atoms with Crippen molar-refractivity contribution in [3.05, 3.63) is 24.8 Å². The normalized spacial score (nSPS) is 24.8. The van der Waals surface area contributed by atoms with Gasteiger partial charge in [0.1, 0.15) is 5.41 Å². The molecule has 0 fully saturated rings. The molecule has 1 aliphatic rings. The van der Waals surface area contributed by atoms with E-state index in [1.807, 2.05) is 6.92 Å². The van der Waals surface area contributed by atoms with Gasteiger partial charge < -0.3 is 5.11 Å². The van der Waals surface area contributed by atoms with Crippen molar-refractivity contribution in [2.75, 3.05) is 0 Å². The Balaban J connectivity index is 2.99. The number of carboxylic acids is 1. The third kappa shape index (κ3) is 3.26. The van der Waals surface area contributed by atoms with Crippen LogP contribution in [0.4, 0.5) is 0 Å². The molecule has 2 unspecified atom stereocenters. The van der Waals surface area contributed by atoms with Crippen LogP contribution in [0.1, 0.15) is 32.6 Å². The van der Waals surface area contributed by atoms with Crippen LogP contribution in [0.5, 0.6) is 0 Å². The van der Waals surface area contributed by atoms with Crippen molar-refractivity contribution in [3.63, 3.8) is 0 Å². The number of carboxylic acid groups (broad SMARTS) is 1. The quantitative estimate of drug-likeness (QED) is 0.359. The van der Waals surface area contributed by atoms with Crippen molar-refractivity contribution in [3.8, 4) is 0 Å². The molecule has 0 aromatic rings. The van der Waals surface area contributed by atoms with Gasteiger partial charge >= 0.3 is 17.9 Å². The summed E-state index contributed by atoms with van der Waals surface area (Å²) in [6.07, 6.45) is 6.00. The molecule has 0 spiro atoms. The molecule has 0 saturated heterocycles. The number of carbonyl (C=O) groups is 3. The second-order valence-corrected chi connectivity index (χ2v) is 4.64. The highest BCUT2D eigenvalue weighted by Gasteiger charge is 2.50. The Morgan fingerprint density at radius 2 is 2.15 bits per heavy atom. The van der Waals surface area contributed by atoms with Crippen molar-refractivity contribution < 1.29 is 29.3 Å². The van der Waals surface area contributed by atoms with E-state index in [0.29, 0.717) is 25.7 Å². The number of hydrogen-bond acceptors (Lipinski definition) is 5. The molecule has 0 bridgehead atoms. The maximum absolute atomic E-state index is 12.2. The standard InChI is InChI=1S/C14H18O6/c1-3-8-14(13(18)20-19-11(15)4-2)9-6-5-7-10(14)12(16)17/h4,6,9-10H,2-3,5,7-8H2,1H3,(H,16,17). The Morgan fingerprint density at radius 3 is 2.70 bits per heavy atom. The Bertz CT molecular complexity index is 439. The van der Waals surface area contributed by atoms with Crippen molar-refractivity contribution in [2.24, 2.45) is 11.3 Å². The van der Waals surface area contributed by atoms with Crippen LogP contribution >= 0.6 is 0 Å². The van der Waals surface area contributed by atoms with Gasteiger partial charge in [-0.3, -0.25) is 4.79 Å². The number of hydrogen-bond donors (Lipinski definition) is 1. The molecule has 0 aromatic carbocycles. The average Bonchev–Trinajstić information content (AvgIpc) is 2.44. The molecule has 0 aromatic heterocycles. The van der Waals surface area contributed by atoms with Crippen molar-refractivity contribution in [2.45, 2.75) is 32.6 Å². The molecule has 1 rings (SSSR count). The number of aliphatic carboxylic acids is 1. The molecule has 6 nitrogen and oxygen atoms in total. The lowest BCUT2D eigenvalue weighted by Crippen LogP contribution is -2.44. The molecule has 110 valence electrons. The molecular formula is C14H18O6. The topological polar surface area (TPSA) is 89.9 Å². The largest absolute Gasteiger partial charge is 0.481 e. The molecule has 0 saturated carbocycles. The van der Waals surface area contributed by atoms with Crippen LogP contribution in [0.15, 0.2) is 24.8 Å². The summed E-state index contributed by atoms with van der Waals surface area (Å²) in [7, 11) is 0. The zero-order valence-electron chi connectivity index (χ0n) is 11.3. The van der Waals surface area contributed by atoms with E-state index in [4.69, 9.17) is 0 Å². The first-order valence-electron chi connectivity index (χ1n) is 6.43. The summed E-state index contributed by atoms with van der Waals surface area (Å²) >= 11 is 0. The van der Waals surface area contributed by atoms with Crippen LogP contribution < -0.4 is 0 Å². The summed E-state index contributed by atoms with van der Waals surface area (Å²) in [4.78, 5) is 43.3. The molecule has 20 heavy (non-hydrogen) atoms. The Kier molecular flexibility index (Phi) is 5.49. The summed E-state index contributed by atoms with van der Waals surface area (Å²) < 4.78 is 0. The maximum atomic E-state index is 12.2. The van der Waals surface area contributed by atoms with Crippen LogP contribution in [-0.2, 0) is 24.2 Å². The molecule has 1 N–H and O–H groups in total. The molecule has 6 heteroatoms. The van der Waals surface area contributed by atoms with Gasteiger partial charge in [0.05, 0.1) is 5.92 Å². The SMILES string of the molecule is C=CC(=O)OOC(=O)C1(CCC)C=CCCC1C(=O)O. The number of allylic oxidation sites excluding steroid dienone is 1. The minimum atomic E-state index is -1.29. The van der Waals surface area contributed by atoms with E-state index >= 15 is 0 Å².